The number of fused-ring (bicyclic) bond motifs is 5. The Labute approximate surface area is 187 Å². The van der Waals surface area contributed by atoms with Gasteiger partial charge in [0.15, 0.2) is 23.0 Å². The summed E-state index contributed by atoms with van der Waals surface area (Å²) in [6, 6.07) is 17.7. The second-order valence-electron chi connectivity index (χ2n) is 8.20. The van der Waals surface area contributed by atoms with Gasteiger partial charge in [-0.3, -0.25) is 0 Å². The molecule has 6 heteroatoms. The standard InChI is InChI=1S/C26H26O6/c1-28-21-11-17-13-26(27)15-32-24-18(23(26)19(17)12-22(21)29-2)9-10-20(25(24)30-3)31-14-16-7-5-4-6-8-16/h4-12,23,27H,13-15H2,1-3H3/t23-,26+/m0/s1. The van der Waals surface area contributed by atoms with Gasteiger partial charge in [-0.1, -0.05) is 36.4 Å². The molecule has 1 aliphatic carbocycles. The zero-order valence-corrected chi connectivity index (χ0v) is 18.4. The summed E-state index contributed by atoms with van der Waals surface area (Å²) >= 11 is 0. The first kappa shape index (κ1) is 20.5. The molecular weight excluding hydrogens is 408 g/mol. The number of aliphatic hydroxyl groups is 1. The van der Waals surface area contributed by atoms with Crippen LogP contribution in [-0.2, 0) is 13.0 Å². The minimum absolute atomic E-state index is 0.155. The molecule has 0 fully saturated rings. The summed E-state index contributed by atoms with van der Waals surface area (Å²) in [5, 5.41) is 11.5. The Morgan fingerprint density at radius 1 is 0.906 bits per heavy atom. The lowest BCUT2D eigenvalue weighted by Crippen LogP contribution is -2.44. The van der Waals surface area contributed by atoms with Crippen molar-refractivity contribution in [2.75, 3.05) is 27.9 Å². The van der Waals surface area contributed by atoms with Gasteiger partial charge in [0, 0.05) is 17.9 Å². The highest BCUT2D eigenvalue weighted by Gasteiger charge is 2.51. The lowest BCUT2D eigenvalue weighted by Gasteiger charge is -2.37. The Kier molecular flexibility index (Phi) is 5.10. The van der Waals surface area contributed by atoms with Gasteiger partial charge in [0.25, 0.3) is 0 Å². The molecule has 0 bridgehead atoms. The Morgan fingerprint density at radius 2 is 1.66 bits per heavy atom. The van der Waals surface area contributed by atoms with Crippen LogP contribution in [0.1, 0.15) is 28.2 Å². The maximum absolute atomic E-state index is 11.5. The third-order valence-corrected chi connectivity index (χ3v) is 6.32. The van der Waals surface area contributed by atoms with Crippen LogP contribution in [0.15, 0.2) is 54.6 Å². The molecule has 5 rings (SSSR count). The number of hydrogen-bond acceptors (Lipinski definition) is 6. The fourth-order valence-corrected chi connectivity index (χ4v) is 4.85. The fraction of sp³-hybridized carbons (Fsp3) is 0.308. The van der Waals surface area contributed by atoms with Crippen LogP contribution >= 0.6 is 0 Å². The summed E-state index contributed by atoms with van der Waals surface area (Å²) in [5.74, 6) is 2.77. The molecule has 6 nitrogen and oxygen atoms in total. The normalized spacial score (nSPS) is 20.4. The molecular formula is C26H26O6. The van der Waals surface area contributed by atoms with Crippen molar-refractivity contribution < 1.29 is 28.8 Å². The van der Waals surface area contributed by atoms with Crippen LogP contribution in [0.3, 0.4) is 0 Å². The predicted octanol–water partition coefficient (Wildman–Crippen LogP) is 4.10. The fourth-order valence-electron chi connectivity index (χ4n) is 4.85. The predicted molar refractivity (Wildman–Crippen MR) is 119 cm³/mol. The van der Waals surface area contributed by atoms with E-state index < -0.39 is 5.60 Å². The summed E-state index contributed by atoms with van der Waals surface area (Å²) < 4.78 is 28.8. The highest BCUT2D eigenvalue weighted by molar-refractivity contribution is 5.64. The van der Waals surface area contributed by atoms with Crippen molar-refractivity contribution in [1.29, 1.82) is 0 Å². The third-order valence-electron chi connectivity index (χ3n) is 6.32. The molecule has 166 valence electrons. The maximum Gasteiger partial charge on any atom is 0.203 e. The largest absolute Gasteiger partial charge is 0.493 e. The molecule has 0 radical (unpaired) electrons. The second-order valence-corrected chi connectivity index (χ2v) is 8.20. The van der Waals surface area contributed by atoms with Gasteiger partial charge in [0.05, 0.1) is 21.3 Å². The first-order valence-electron chi connectivity index (χ1n) is 10.6. The van der Waals surface area contributed by atoms with Crippen LogP contribution in [0.5, 0.6) is 28.7 Å². The lowest BCUT2D eigenvalue weighted by atomic mass is 9.80. The lowest BCUT2D eigenvalue weighted by molar-refractivity contribution is -0.0228. The molecule has 2 atom stereocenters. The maximum atomic E-state index is 11.5. The molecule has 1 heterocycles. The highest BCUT2D eigenvalue weighted by Crippen LogP contribution is 2.56. The van der Waals surface area contributed by atoms with Gasteiger partial charge in [0.2, 0.25) is 5.75 Å². The van der Waals surface area contributed by atoms with Crippen molar-refractivity contribution in [3.63, 3.8) is 0 Å². The van der Waals surface area contributed by atoms with Gasteiger partial charge in [0.1, 0.15) is 18.8 Å². The van der Waals surface area contributed by atoms with E-state index >= 15 is 0 Å². The van der Waals surface area contributed by atoms with Crippen molar-refractivity contribution in [3.8, 4) is 28.7 Å². The van der Waals surface area contributed by atoms with Gasteiger partial charge in [-0.05, 0) is 34.9 Å². The molecule has 3 aromatic rings. The van der Waals surface area contributed by atoms with Crippen molar-refractivity contribution in [1.82, 2.24) is 0 Å². The molecule has 0 saturated heterocycles. The van der Waals surface area contributed by atoms with Crippen LogP contribution in [-0.4, -0.2) is 38.6 Å². The number of hydrogen-bond donors (Lipinski definition) is 1. The molecule has 32 heavy (non-hydrogen) atoms. The molecule has 3 aromatic carbocycles. The van der Waals surface area contributed by atoms with E-state index in [1.54, 1.807) is 21.3 Å². The van der Waals surface area contributed by atoms with Gasteiger partial charge >= 0.3 is 0 Å². The topological polar surface area (TPSA) is 66.4 Å². The summed E-state index contributed by atoms with van der Waals surface area (Å²) in [6.45, 7) is 0.575. The Bertz CT molecular complexity index is 1140. The molecule has 1 N–H and O–H groups in total. The van der Waals surface area contributed by atoms with E-state index in [-0.39, 0.29) is 12.5 Å². The van der Waals surface area contributed by atoms with Crippen molar-refractivity contribution in [2.45, 2.75) is 24.5 Å². The summed E-state index contributed by atoms with van der Waals surface area (Å²) in [4.78, 5) is 0. The summed E-state index contributed by atoms with van der Waals surface area (Å²) in [7, 11) is 4.83. The molecule has 2 aliphatic rings. The van der Waals surface area contributed by atoms with E-state index in [9.17, 15) is 5.11 Å². The molecule has 0 unspecified atom stereocenters. The van der Waals surface area contributed by atoms with Gasteiger partial charge in [-0.25, -0.2) is 0 Å². The molecule has 0 aromatic heterocycles. The number of methoxy groups -OCH3 is 3. The van der Waals surface area contributed by atoms with Crippen LogP contribution < -0.4 is 23.7 Å². The first-order chi connectivity index (χ1) is 15.6. The van der Waals surface area contributed by atoms with Gasteiger partial charge in [-0.2, -0.15) is 0 Å². The molecule has 0 amide bonds. The summed E-state index contributed by atoms with van der Waals surface area (Å²) in [5.41, 5.74) is 2.91. The van der Waals surface area contributed by atoms with E-state index in [1.165, 1.54) is 0 Å². The average molecular weight is 434 g/mol. The third kappa shape index (κ3) is 3.22. The van der Waals surface area contributed by atoms with E-state index in [0.29, 0.717) is 41.8 Å². The summed E-state index contributed by atoms with van der Waals surface area (Å²) in [6.07, 6.45) is 0.474. The zero-order chi connectivity index (χ0) is 22.3. The second kappa shape index (κ2) is 7.95. The van der Waals surface area contributed by atoms with Gasteiger partial charge in [-0.15, -0.1) is 0 Å². The quantitative estimate of drug-likeness (QED) is 0.630. The Morgan fingerprint density at radius 3 is 2.38 bits per heavy atom. The van der Waals surface area contributed by atoms with Crippen LogP contribution in [0, 0.1) is 0 Å². The number of rotatable bonds is 6. The van der Waals surface area contributed by atoms with Crippen molar-refractivity contribution in [2.24, 2.45) is 0 Å². The minimum atomic E-state index is -1.05. The van der Waals surface area contributed by atoms with Crippen LogP contribution in [0.25, 0.3) is 0 Å². The van der Waals surface area contributed by atoms with E-state index in [4.69, 9.17) is 23.7 Å². The van der Waals surface area contributed by atoms with Gasteiger partial charge < -0.3 is 28.8 Å². The number of benzene rings is 3. The molecule has 0 spiro atoms. The van der Waals surface area contributed by atoms with E-state index in [1.807, 2.05) is 54.6 Å². The average Bonchev–Trinajstić information content (AvgIpc) is 3.13. The SMILES string of the molecule is COc1cc2c(cc1OC)[C@@H]1c3ccc(OCc4ccccc4)c(OC)c3OC[C@]1(O)C2. The van der Waals surface area contributed by atoms with Crippen LogP contribution in [0.2, 0.25) is 0 Å². The Balaban J connectivity index is 1.55. The monoisotopic (exact) mass is 434 g/mol. The zero-order valence-electron chi connectivity index (χ0n) is 18.4. The minimum Gasteiger partial charge on any atom is -0.493 e. The van der Waals surface area contributed by atoms with E-state index in [2.05, 4.69) is 0 Å². The molecule has 0 saturated carbocycles. The molecule has 1 aliphatic heterocycles. The van der Waals surface area contributed by atoms with E-state index in [0.717, 1.165) is 22.3 Å². The first-order valence-corrected chi connectivity index (χ1v) is 10.6. The highest BCUT2D eigenvalue weighted by atomic mass is 16.5. The number of ether oxygens (including phenoxy) is 5. The van der Waals surface area contributed by atoms with Crippen molar-refractivity contribution in [3.05, 3.63) is 76.9 Å². The smallest absolute Gasteiger partial charge is 0.203 e. The van der Waals surface area contributed by atoms with Crippen molar-refractivity contribution >= 4 is 0 Å². The van der Waals surface area contributed by atoms with Crippen LogP contribution in [0.4, 0.5) is 0 Å². The Hall–Kier alpha value is -3.38.